The normalized spacial score (nSPS) is 10.4. The Labute approximate surface area is 125 Å². The first kappa shape index (κ1) is 14.9. The molecule has 0 saturated heterocycles. The number of carbonyl (C=O) groups is 1. The van der Waals surface area contributed by atoms with Gasteiger partial charge >= 0.3 is 0 Å². The fourth-order valence-electron chi connectivity index (χ4n) is 1.54. The molecule has 0 bridgehead atoms. The Morgan fingerprint density at radius 2 is 1.70 bits per heavy atom. The third-order valence-electron chi connectivity index (χ3n) is 2.41. The predicted octanol–water partition coefficient (Wildman–Crippen LogP) is 4.77. The summed E-state index contributed by atoms with van der Waals surface area (Å²) in [5.74, 6) is -4.73. The minimum atomic E-state index is -1.29. The molecule has 1 N–H and O–H groups in total. The topological polar surface area (TPSA) is 29.1 Å². The summed E-state index contributed by atoms with van der Waals surface area (Å²) in [5, 5.41) is 2.46. The smallest absolute Gasteiger partial charge is 0.261 e. The first-order valence-electron chi connectivity index (χ1n) is 5.29. The average Bonchev–Trinajstić information content (AvgIpc) is 2.32. The Kier molecular flexibility index (Phi) is 4.35. The van der Waals surface area contributed by atoms with Crippen molar-refractivity contribution in [2.45, 2.75) is 0 Å². The summed E-state index contributed by atoms with van der Waals surface area (Å²) >= 11 is 9.02. The Balaban J connectivity index is 2.36. The highest BCUT2D eigenvalue weighted by atomic mass is 79.9. The van der Waals surface area contributed by atoms with Crippen molar-refractivity contribution in [1.82, 2.24) is 0 Å². The molecule has 0 spiro atoms. The quantitative estimate of drug-likeness (QED) is 0.817. The van der Waals surface area contributed by atoms with Crippen LogP contribution in [0.2, 0.25) is 5.02 Å². The van der Waals surface area contributed by atoms with Crippen LogP contribution in [0.3, 0.4) is 0 Å². The van der Waals surface area contributed by atoms with Crippen molar-refractivity contribution >= 4 is 39.1 Å². The lowest BCUT2D eigenvalue weighted by atomic mass is 10.1. The molecule has 2 rings (SSSR count). The fraction of sp³-hybridized carbons (Fsp3) is 0. The van der Waals surface area contributed by atoms with Crippen LogP contribution in [0.4, 0.5) is 18.9 Å². The van der Waals surface area contributed by atoms with Gasteiger partial charge in [-0.05, 0) is 18.2 Å². The number of nitrogens with one attached hydrogen (secondary N) is 1. The van der Waals surface area contributed by atoms with Gasteiger partial charge in [-0.1, -0.05) is 27.5 Å². The summed E-state index contributed by atoms with van der Waals surface area (Å²) in [6, 6.07) is 5.47. The molecule has 0 fully saturated rings. The van der Waals surface area contributed by atoms with Crippen LogP contribution in [-0.4, -0.2) is 5.91 Å². The summed E-state index contributed by atoms with van der Waals surface area (Å²) in [5.41, 5.74) is -0.698. The van der Waals surface area contributed by atoms with Gasteiger partial charge in [0.05, 0.1) is 10.7 Å². The molecule has 0 aliphatic rings. The zero-order valence-electron chi connectivity index (χ0n) is 9.68. The van der Waals surface area contributed by atoms with E-state index in [1.165, 1.54) is 12.1 Å². The van der Waals surface area contributed by atoms with Crippen molar-refractivity contribution in [3.8, 4) is 0 Å². The zero-order chi connectivity index (χ0) is 14.9. The van der Waals surface area contributed by atoms with E-state index in [0.29, 0.717) is 16.6 Å². The number of amides is 1. The lowest BCUT2D eigenvalue weighted by Gasteiger charge is -2.09. The second-order valence-electron chi connectivity index (χ2n) is 3.82. The Morgan fingerprint density at radius 3 is 2.30 bits per heavy atom. The van der Waals surface area contributed by atoms with E-state index in [1.54, 1.807) is 6.07 Å². The molecule has 20 heavy (non-hydrogen) atoms. The standard InChI is InChI=1S/C13H6BrClF3NO/c14-6-1-2-8(15)11(3-6)19-13(20)12-9(17)4-7(16)5-10(12)18/h1-5H,(H,19,20). The van der Waals surface area contributed by atoms with Gasteiger partial charge in [0.2, 0.25) is 0 Å². The van der Waals surface area contributed by atoms with E-state index in [2.05, 4.69) is 21.2 Å². The maximum Gasteiger partial charge on any atom is 0.261 e. The van der Waals surface area contributed by atoms with Crippen LogP contribution >= 0.6 is 27.5 Å². The van der Waals surface area contributed by atoms with Crippen LogP contribution in [0.25, 0.3) is 0 Å². The summed E-state index contributed by atoms with van der Waals surface area (Å²) in [7, 11) is 0. The summed E-state index contributed by atoms with van der Waals surface area (Å²) in [4.78, 5) is 11.8. The van der Waals surface area contributed by atoms with Gasteiger partial charge in [-0.15, -0.1) is 0 Å². The van der Waals surface area contributed by atoms with E-state index in [4.69, 9.17) is 11.6 Å². The van der Waals surface area contributed by atoms with E-state index < -0.39 is 28.9 Å². The van der Waals surface area contributed by atoms with E-state index in [1.807, 2.05) is 0 Å². The monoisotopic (exact) mass is 363 g/mol. The first-order valence-corrected chi connectivity index (χ1v) is 6.46. The Morgan fingerprint density at radius 1 is 1.10 bits per heavy atom. The van der Waals surface area contributed by atoms with Crippen molar-refractivity contribution in [1.29, 1.82) is 0 Å². The zero-order valence-corrected chi connectivity index (χ0v) is 12.0. The van der Waals surface area contributed by atoms with E-state index >= 15 is 0 Å². The molecular weight excluding hydrogens is 359 g/mol. The largest absolute Gasteiger partial charge is 0.320 e. The van der Waals surface area contributed by atoms with Gasteiger partial charge in [0.25, 0.3) is 5.91 Å². The fourth-order valence-corrected chi connectivity index (χ4v) is 2.06. The number of rotatable bonds is 2. The van der Waals surface area contributed by atoms with E-state index in [9.17, 15) is 18.0 Å². The molecule has 104 valence electrons. The van der Waals surface area contributed by atoms with Gasteiger partial charge in [-0.2, -0.15) is 0 Å². The molecule has 7 heteroatoms. The molecule has 0 saturated carbocycles. The molecular formula is C13H6BrClF3NO. The molecule has 0 atom stereocenters. The van der Waals surface area contributed by atoms with Crippen molar-refractivity contribution < 1.29 is 18.0 Å². The minimum Gasteiger partial charge on any atom is -0.320 e. The molecule has 0 aromatic heterocycles. The van der Waals surface area contributed by atoms with Crippen LogP contribution in [0, 0.1) is 17.5 Å². The molecule has 0 radical (unpaired) electrons. The van der Waals surface area contributed by atoms with Crippen LogP contribution in [0.5, 0.6) is 0 Å². The highest BCUT2D eigenvalue weighted by molar-refractivity contribution is 9.10. The third-order valence-corrected chi connectivity index (χ3v) is 3.23. The van der Waals surface area contributed by atoms with Gasteiger partial charge in [-0.3, -0.25) is 4.79 Å². The number of benzene rings is 2. The average molecular weight is 365 g/mol. The number of anilines is 1. The summed E-state index contributed by atoms with van der Waals surface area (Å²) in [6.45, 7) is 0. The maximum absolute atomic E-state index is 13.5. The highest BCUT2D eigenvalue weighted by Gasteiger charge is 2.19. The highest BCUT2D eigenvalue weighted by Crippen LogP contribution is 2.26. The summed E-state index contributed by atoms with van der Waals surface area (Å²) in [6.07, 6.45) is 0. The van der Waals surface area contributed by atoms with Gasteiger partial charge in [0, 0.05) is 16.6 Å². The lowest BCUT2D eigenvalue weighted by molar-refractivity contribution is 0.101. The molecule has 2 aromatic rings. The molecule has 2 aromatic carbocycles. The Hall–Kier alpha value is -1.53. The van der Waals surface area contributed by atoms with Crippen LogP contribution < -0.4 is 5.32 Å². The summed E-state index contributed by atoms with van der Waals surface area (Å²) < 4.78 is 40.3. The second kappa shape index (κ2) is 5.85. The molecule has 1 amide bonds. The van der Waals surface area contributed by atoms with Crippen molar-refractivity contribution in [3.63, 3.8) is 0 Å². The number of halogens is 5. The SMILES string of the molecule is O=C(Nc1cc(Br)ccc1Cl)c1c(F)cc(F)cc1F. The van der Waals surface area contributed by atoms with Crippen LogP contribution in [0.1, 0.15) is 10.4 Å². The van der Waals surface area contributed by atoms with Gasteiger partial charge in [0.1, 0.15) is 23.0 Å². The van der Waals surface area contributed by atoms with Crippen molar-refractivity contribution in [2.24, 2.45) is 0 Å². The lowest BCUT2D eigenvalue weighted by Crippen LogP contribution is -2.16. The van der Waals surface area contributed by atoms with E-state index in [0.717, 1.165) is 0 Å². The maximum atomic E-state index is 13.5. The number of hydrogen-bond acceptors (Lipinski definition) is 1. The number of carbonyl (C=O) groups excluding carboxylic acids is 1. The second-order valence-corrected chi connectivity index (χ2v) is 5.15. The Bertz CT molecular complexity index is 670. The molecule has 0 aliphatic carbocycles. The first-order chi connectivity index (χ1) is 9.38. The van der Waals surface area contributed by atoms with Crippen molar-refractivity contribution in [3.05, 3.63) is 62.8 Å². The van der Waals surface area contributed by atoms with Gasteiger partial charge in [-0.25, -0.2) is 13.2 Å². The van der Waals surface area contributed by atoms with Crippen molar-refractivity contribution in [2.75, 3.05) is 5.32 Å². The van der Waals surface area contributed by atoms with Crippen LogP contribution in [0.15, 0.2) is 34.8 Å². The van der Waals surface area contributed by atoms with Gasteiger partial charge in [0.15, 0.2) is 0 Å². The van der Waals surface area contributed by atoms with Gasteiger partial charge < -0.3 is 5.32 Å². The molecule has 0 heterocycles. The number of hydrogen-bond donors (Lipinski definition) is 1. The molecule has 2 nitrogen and oxygen atoms in total. The third kappa shape index (κ3) is 3.13. The van der Waals surface area contributed by atoms with E-state index in [-0.39, 0.29) is 10.7 Å². The predicted molar refractivity (Wildman–Crippen MR) is 73.4 cm³/mol. The van der Waals surface area contributed by atoms with Crippen LogP contribution in [-0.2, 0) is 0 Å². The minimum absolute atomic E-state index is 0.175. The molecule has 0 unspecified atom stereocenters. The molecule has 0 aliphatic heterocycles.